The van der Waals surface area contributed by atoms with E-state index in [0.29, 0.717) is 19.3 Å². The number of rotatable bonds is 38. The molecule has 0 saturated heterocycles. The molecule has 3 N–H and O–H groups in total. The SMILES string of the molecule is CC/C=C/C=C/C=C\C=C/CCCCCC(=O)OC(CCC/C=C/C/C=C/C/C=C/C/C=C/CC)CC(=O)NC(CO)C(O)CCCCCCCCCCCC. The molecule has 0 aromatic rings. The lowest BCUT2D eigenvalue weighted by atomic mass is 10.0. The number of aliphatic hydroxyl groups is 2. The third-order valence-electron chi connectivity index (χ3n) is 9.50. The van der Waals surface area contributed by atoms with Gasteiger partial charge >= 0.3 is 5.97 Å². The number of aliphatic hydroxyl groups excluding tert-OH is 2. The summed E-state index contributed by atoms with van der Waals surface area (Å²) in [5, 5.41) is 23.6. The van der Waals surface area contributed by atoms with E-state index in [1.165, 1.54) is 44.9 Å². The summed E-state index contributed by atoms with van der Waals surface area (Å²) < 4.78 is 5.85. The van der Waals surface area contributed by atoms with Gasteiger partial charge < -0.3 is 20.3 Å². The fourth-order valence-corrected chi connectivity index (χ4v) is 6.14. The third-order valence-corrected chi connectivity index (χ3v) is 9.50. The summed E-state index contributed by atoms with van der Waals surface area (Å²) in [7, 11) is 0. The average Bonchev–Trinajstić information content (AvgIpc) is 3.19. The van der Waals surface area contributed by atoms with E-state index in [1.807, 2.05) is 30.4 Å². The lowest BCUT2D eigenvalue weighted by molar-refractivity contribution is -0.151. The number of hydrogen-bond acceptors (Lipinski definition) is 5. The van der Waals surface area contributed by atoms with E-state index in [9.17, 15) is 19.8 Å². The van der Waals surface area contributed by atoms with Crippen LogP contribution < -0.4 is 5.32 Å². The highest BCUT2D eigenvalue weighted by molar-refractivity contribution is 5.77. The smallest absolute Gasteiger partial charge is 0.306 e. The number of carbonyl (C=O) groups excluding carboxylic acids is 2. The van der Waals surface area contributed by atoms with Crippen molar-refractivity contribution in [3.63, 3.8) is 0 Å². The first-order valence-corrected chi connectivity index (χ1v) is 22.5. The van der Waals surface area contributed by atoms with E-state index in [4.69, 9.17) is 4.74 Å². The van der Waals surface area contributed by atoms with E-state index in [-0.39, 0.29) is 24.9 Å². The van der Waals surface area contributed by atoms with Crippen LogP contribution in [0.3, 0.4) is 0 Å². The van der Waals surface area contributed by atoms with Crippen LogP contribution in [0.4, 0.5) is 0 Å². The molecule has 0 saturated carbocycles. The van der Waals surface area contributed by atoms with Gasteiger partial charge in [-0.1, -0.05) is 189 Å². The fraction of sp³-hybridized carbons (Fsp3) is 0.640. The summed E-state index contributed by atoms with van der Waals surface area (Å²) >= 11 is 0. The summed E-state index contributed by atoms with van der Waals surface area (Å²) in [5.41, 5.74) is 0. The molecule has 0 spiro atoms. The molecule has 3 unspecified atom stereocenters. The van der Waals surface area contributed by atoms with Gasteiger partial charge in [0.1, 0.15) is 6.10 Å². The maximum absolute atomic E-state index is 13.1. The molecule has 0 aliphatic carbocycles. The molecule has 0 aliphatic rings. The van der Waals surface area contributed by atoms with Gasteiger partial charge in [0.25, 0.3) is 0 Å². The Labute approximate surface area is 344 Å². The molecule has 0 heterocycles. The van der Waals surface area contributed by atoms with Crippen molar-refractivity contribution >= 4 is 11.9 Å². The highest BCUT2D eigenvalue weighted by Gasteiger charge is 2.23. The molecule has 0 fully saturated rings. The zero-order valence-corrected chi connectivity index (χ0v) is 36.0. The largest absolute Gasteiger partial charge is 0.462 e. The van der Waals surface area contributed by atoms with Crippen LogP contribution in [0.5, 0.6) is 0 Å². The van der Waals surface area contributed by atoms with Crippen molar-refractivity contribution in [1.82, 2.24) is 5.32 Å². The van der Waals surface area contributed by atoms with Gasteiger partial charge in [-0.2, -0.15) is 0 Å². The second-order valence-electron chi connectivity index (χ2n) is 14.8. The summed E-state index contributed by atoms with van der Waals surface area (Å²) in [4.78, 5) is 26.0. The topological polar surface area (TPSA) is 95.9 Å². The Bertz CT molecular complexity index is 1140. The Hall–Kier alpha value is -3.22. The lowest BCUT2D eigenvalue weighted by Gasteiger charge is -2.24. The zero-order valence-electron chi connectivity index (χ0n) is 36.0. The fourth-order valence-electron chi connectivity index (χ4n) is 6.14. The van der Waals surface area contributed by atoms with Crippen molar-refractivity contribution in [1.29, 1.82) is 0 Å². The molecule has 56 heavy (non-hydrogen) atoms. The van der Waals surface area contributed by atoms with E-state index in [1.54, 1.807) is 0 Å². The molecule has 0 aliphatic heterocycles. The average molecular weight is 778 g/mol. The van der Waals surface area contributed by atoms with Crippen molar-refractivity contribution in [3.05, 3.63) is 97.2 Å². The first kappa shape index (κ1) is 52.8. The van der Waals surface area contributed by atoms with Crippen LogP contribution in [0.15, 0.2) is 97.2 Å². The Morgan fingerprint density at radius 3 is 1.68 bits per heavy atom. The molecule has 1 amide bonds. The van der Waals surface area contributed by atoms with Crippen LogP contribution >= 0.6 is 0 Å². The minimum atomic E-state index is -0.812. The maximum atomic E-state index is 13.1. The quantitative estimate of drug-likeness (QED) is 0.0251. The van der Waals surface area contributed by atoms with Crippen LogP contribution in [0.2, 0.25) is 0 Å². The molecule has 0 aromatic heterocycles. The number of hydrogen-bond donors (Lipinski definition) is 3. The molecule has 6 heteroatoms. The molecule has 0 aromatic carbocycles. The summed E-state index contributed by atoms with van der Waals surface area (Å²) in [6, 6.07) is -0.731. The molecular weight excluding hydrogens is 695 g/mol. The van der Waals surface area contributed by atoms with E-state index in [2.05, 4.69) is 92.9 Å². The van der Waals surface area contributed by atoms with Crippen molar-refractivity contribution in [2.75, 3.05) is 6.61 Å². The predicted octanol–water partition coefficient (Wildman–Crippen LogP) is 13.0. The van der Waals surface area contributed by atoms with Gasteiger partial charge in [-0.05, 0) is 77.0 Å². The van der Waals surface area contributed by atoms with Crippen LogP contribution in [0.1, 0.15) is 181 Å². The first-order chi connectivity index (χ1) is 27.5. The zero-order chi connectivity index (χ0) is 41.0. The van der Waals surface area contributed by atoms with Crippen molar-refractivity contribution in [3.8, 4) is 0 Å². The number of unbranched alkanes of at least 4 members (excludes halogenated alkanes) is 13. The summed E-state index contributed by atoms with van der Waals surface area (Å²) in [6.07, 6.45) is 56.1. The summed E-state index contributed by atoms with van der Waals surface area (Å²) in [5.74, 6) is -0.588. The second-order valence-corrected chi connectivity index (χ2v) is 14.8. The minimum Gasteiger partial charge on any atom is -0.462 e. The Balaban J connectivity index is 4.81. The van der Waals surface area contributed by atoms with E-state index in [0.717, 1.165) is 89.9 Å². The molecule has 318 valence electrons. The van der Waals surface area contributed by atoms with E-state index >= 15 is 0 Å². The molecule has 0 rings (SSSR count). The number of ether oxygens (including phenoxy) is 1. The number of allylic oxidation sites excluding steroid dienone is 16. The van der Waals surface area contributed by atoms with Crippen LogP contribution in [-0.2, 0) is 14.3 Å². The van der Waals surface area contributed by atoms with E-state index < -0.39 is 18.2 Å². The lowest BCUT2D eigenvalue weighted by Crippen LogP contribution is -2.46. The van der Waals surface area contributed by atoms with Crippen LogP contribution in [0.25, 0.3) is 0 Å². The number of carbonyl (C=O) groups is 2. The predicted molar refractivity (Wildman–Crippen MR) is 240 cm³/mol. The minimum absolute atomic E-state index is 0.0177. The van der Waals surface area contributed by atoms with Crippen LogP contribution in [-0.4, -0.2) is 46.9 Å². The highest BCUT2D eigenvalue weighted by atomic mass is 16.5. The molecular formula is C50H83NO5. The Morgan fingerprint density at radius 1 is 0.554 bits per heavy atom. The normalized spacial score (nSPS) is 14.3. The van der Waals surface area contributed by atoms with Gasteiger partial charge in [-0.15, -0.1) is 0 Å². The van der Waals surface area contributed by atoms with Crippen LogP contribution in [0, 0.1) is 0 Å². The number of esters is 1. The van der Waals surface area contributed by atoms with Gasteiger partial charge in [-0.25, -0.2) is 0 Å². The van der Waals surface area contributed by atoms with Crippen molar-refractivity contribution < 1.29 is 24.5 Å². The monoisotopic (exact) mass is 778 g/mol. The van der Waals surface area contributed by atoms with Crippen molar-refractivity contribution in [2.45, 2.75) is 200 Å². The molecule has 0 radical (unpaired) electrons. The standard InChI is InChI=1S/C50H83NO5/c1-4-7-10-13-16-19-22-24-26-27-29-32-35-38-41-46(56-50(55)43-40-37-34-31-28-25-23-20-17-14-11-8-5-2)44-49(54)51-47(45-52)48(53)42-39-36-33-30-21-18-15-12-9-6-3/h7-8,10-11,14,16-17,19-20,23-26,28-29,32,46-48,52-53H,4-6,9,12-13,15,18,21-22,27,30-31,33-45H2,1-3H3,(H,51,54)/b10-7+,11-8+,17-14+,19-16+,23-20-,26-24+,28-25-,32-29+. The summed E-state index contributed by atoms with van der Waals surface area (Å²) in [6.45, 7) is 6.16. The maximum Gasteiger partial charge on any atom is 0.306 e. The third kappa shape index (κ3) is 37.7. The van der Waals surface area contributed by atoms with Gasteiger partial charge in [0.05, 0.1) is 25.2 Å². The van der Waals surface area contributed by atoms with Gasteiger partial charge in [0, 0.05) is 6.42 Å². The first-order valence-electron chi connectivity index (χ1n) is 22.5. The molecule has 0 bridgehead atoms. The molecule has 6 nitrogen and oxygen atoms in total. The highest BCUT2D eigenvalue weighted by Crippen LogP contribution is 2.16. The number of nitrogens with one attached hydrogen (secondary N) is 1. The Morgan fingerprint density at radius 2 is 1.07 bits per heavy atom. The second kappa shape index (κ2) is 42.9. The Kier molecular flexibility index (Phi) is 40.4. The molecule has 3 atom stereocenters. The van der Waals surface area contributed by atoms with Crippen molar-refractivity contribution in [2.24, 2.45) is 0 Å². The van der Waals surface area contributed by atoms with Gasteiger partial charge in [0.15, 0.2) is 0 Å². The number of amides is 1. The van der Waals surface area contributed by atoms with Gasteiger partial charge in [0.2, 0.25) is 5.91 Å². The van der Waals surface area contributed by atoms with Gasteiger partial charge in [-0.3, -0.25) is 9.59 Å².